The highest BCUT2D eigenvalue weighted by Crippen LogP contribution is 2.31. The molecule has 2 aromatic heterocycles. The Morgan fingerprint density at radius 2 is 1.86 bits per heavy atom. The van der Waals surface area contributed by atoms with Gasteiger partial charge in [-0.25, -0.2) is 14.6 Å². The van der Waals surface area contributed by atoms with Gasteiger partial charge in [-0.05, 0) is 13.8 Å². The minimum Gasteiger partial charge on any atom is -0.394 e. The third-order valence-electron chi connectivity index (χ3n) is 3.55. The molecule has 2 aromatic rings. The summed E-state index contributed by atoms with van der Waals surface area (Å²) in [6.45, 7) is 2.77. The largest absolute Gasteiger partial charge is 0.394 e. The van der Waals surface area contributed by atoms with Gasteiger partial charge in [-0.3, -0.25) is 9.59 Å². The predicted molar refractivity (Wildman–Crippen MR) is 103 cm³/mol. The van der Waals surface area contributed by atoms with Gasteiger partial charge in [0.25, 0.3) is 0 Å². The van der Waals surface area contributed by atoms with Crippen molar-refractivity contribution in [3.05, 3.63) is 6.20 Å². The van der Waals surface area contributed by atoms with Crippen molar-refractivity contribution in [1.82, 2.24) is 19.7 Å². The monoisotopic (exact) mass is 430 g/mol. The molecule has 0 radical (unpaired) electrons. The predicted octanol–water partition coefficient (Wildman–Crippen LogP) is -0.915. The number of carbonyl (C=O) groups excluding carboxylic acids is 2. The number of hydrogen-bond acceptors (Lipinski definition) is 10. The van der Waals surface area contributed by atoms with E-state index in [1.165, 1.54) is 10.9 Å². The van der Waals surface area contributed by atoms with Crippen molar-refractivity contribution in [2.24, 2.45) is 11.5 Å². The van der Waals surface area contributed by atoms with Crippen LogP contribution in [0.2, 0.25) is 0 Å². The number of primary amides is 2. The average Bonchev–Trinajstić information content (AvgIpc) is 3.04. The summed E-state index contributed by atoms with van der Waals surface area (Å²) >= 11 is 2.23. The van der Waals surface area contributed by atoms with Crippen LogP contribution in [0.1, 0.15) is 13.8 Å². The van der Waals surface area contributed by atoms with Crippen LogP contribution in [0.3, 0.4) is 0 Å². The van der Waals surface area contributed by atoms with E-state index in [1.807, 2.05) is 0 Å². The molecule has 3 atom stereocenters. The van der Waals surface area contributed by atoms with Gasteiger partial charge in [-0.1, -0.05) is 23.5 Å². The molecule has 0 fully saturated rings. The Kier molecular flexibility index (Phi) is 8.00. The first-order valence-corrected chi connectivity index (χ1v) is 10.0. The van der Waals surface area contributed by atoms with Crippen LogP contribution in [-0.4, -0.2) is 71.6 Å². The Bertz CT molecular complexity index is 848. The molecule has 2 rings (SSSR count). The fourth-order valence-electron chi connectivity index (χ4n) is 1.92. The molecular formula is C15H22N6O5S2. The molecule has 0 aliphatic rings. The second-order valence-electron chi connectivity index (χ2n) is 5.85. The highest BCUT2D eigenvalue weighted by atomic mass is 32.2. The smallest absolute Gasteiger partial charge is 0.230 e. The molecule has 11 nitrogen and oxygen atoms in total. The molecule has 3 unspecified atom stereocenters. The Balaban J connectivity index is 2.36. The van der Waals surface area contributed by atoms with Crippen molar-refractivity contribution in [3.8, 4) is 0 Å². The van der Waals surface area contributed by atoms with Crippen molar-refractivity contribution in [2.45, 2.75) is 47.4 Å². The molecule has 0 aliphatic heterocycles. The molecule has 2 heterocycles. The summed E-state index contributed by atoms with van der Waals surface area (Å²) in [5.41, 5.74) is 11.1. The van der Waals surface area contributed by atoms with E-state index in [1.54, 1.807) is 13.8 Å². The Morgan fingerprint density at radius 1 is 1.21 bits per heavy atom. The van der Waals surface area contributed by atoms with Gasteiger partial charge >= 0.3 is 0 Å². The summed E-state index contributed by atoms with van der Waals surface area (Å²) < 4.78 is 6.77. The van der Waals surface area contributed by atoms with Gasteiger partial charge in [0, 0.05) is 0 Å². The number of fused-ring (bicyclic) bond motifs is 1. The summed E-state index contributed by atoms with van der Waals surface area (Å²) in [5, 5.41) is 22.7. The SMILES string of the molecule is CC(Sc1nc(SC(C)C(N)=O)c2cnn(COCC(O)CO)c2n1)C(N)=O. The van der Waals surface area contributed by atoms with E-state index in [0.29, 0.717) is 16.1 Å². The molecule has 0 saturated heterocycles. The number of aliphatic hydroxyl groups excluding tert-OH is 2. The summed E-state index contributed by atoms with van der Waals surface area (Å²) in [6, 6.07) is 0. The topological polar surface area (TPSA) is 179 Å². The summed E-state index contributed by atoms with van der Waals surface area (Å²) in [5.74, 6) is -1.01. The lowest BCUT2D eigenvalue weighted by Gasteiger charge is -2.12. The Hall–Kier alpha value is -1.93. The van der Waals surface area contributed by atoms with E-state index in [0.717, 1.165) is 23.5 Å². The first-order chi connectivity index (χ1) is 13.2. The maximum Gasteiger partial charge on any atom is 0.230 e. The zero-order chi connectivity index (χ0) is 20.8. The number of aromatic nitrogens is 4. The van der Waals surface area contributed by atoms with Crippen LogP contribution in [0.5, 0.6) is 0 Å². The summed E-state index contributed by atoms with van der Waals surface area (Å²) in [4.78, 5) is 31.6. The Labute approximate surface area is 169 Å². The number of nitrogens with zero attached hydrogens (tertiary/aromatic N) is 4. The van der Waals surface area contributed by atoms with Crippen molar-refractivity contribution < 1.29 is 24.5 Å². The molecule has 2 amide bonds. The molecule has 13 heteroatoms. The lowest BCUT2D eigenvalue weighted by molar-refractivity contribution is -0.118. The normalized spacial score (nSPS) is 14.7. The average molecular weight is 431 g/mol. The first kappa shape index (κ1) is 22.4. The van der Waals surface area contributed by atoms with Gasteiger partial charge in [0.05, 0.1) is 35.3 Å². The van der Waals surface area contributed by atoms with Crippen molar-refractivity contribution in [2.75, 3.05) is 13.2 Å². The van der Waals surface area contributed by atoms with Gasteiger partial charge in [-0.2, -0.15) is 5.10 Å². The first-order valence-electron chi connectivity index (χ1n) is 8.25. The number of carbonyl (C=O) groups is 2. The molecule has 0 spiro atoms. The number of nitrogens with two attached hydrogens (primary N) is 2. The van der Waals surface area contributed by atoms with Crippen LogP contribution < -0.4 is 11.5 Å². The maximum atomic E-state index is 11.4. The minimum absolute atomic E-state index is 0.0253. The van der Waals surface area contributed by atoms with E-state index in [-0.39, 0.29) is 18.5 Å². The molecular weight excluding hydrogens is 408 g/mol. The van der Waals surface area contributed by atoms with Crippen LogP contribution in [0.15, 0.2) is 16.4 Å². The van der Waals surface area contributed by atoms with E-state index < -0.39 is 35.0 Å². The minimum atomic E-state index is -0.999. The molecule has 0 saturated carbocycles. The third-order valence-corrected chi connectivity index (χ3v) is 5.65. The Morgan fingerprint density at radius 3 is 2.46 bits per heavy atom. The van der Waals surface area contributed by atoms with Crippen molar-refractivity contribution in [1.29, 1.82) is 0 Å². The van der Waals surface area contributed by atoms with E-state index >= 15 is 0 Å². The highest BCUT2D eigenvalue weighted by Gasteiger charge is 2.20. The number of hydrogen-bond donors (Lipinski definition) is 4. The number of thioether (sulfide) groups is 2. The lowest BCUT2D eigenvalue weighted by Crippen LogP contribution is -2.23. The molecule has 0 aliphatic carbocycles. The van der Waals surface area contributed by atoms with Crippen LogP contribution in [0.25, 0.3) is 11.0 Å². The number of ether oxygens (including phenoxy) is 1. The van der Waals surface area contributed by atoms with E-state index in [9.17, 15) is 14.7 Å². The van der Waals surface area contributed by atoms with Gasteiger partial charge < -0.3 is 26.4 Å². The van der Waals surface area contributed by atoms with Crippen LogP contribution in [-0.2, 0) is 21.1 Å². The molecule has 154 valence electrons. The third kappa shape index (κ3) is 5.78. The maximum absolute atomic E-state index is 11.4. The fraction of sp³-hybridized carbons (Fsp3) is 0.533. The molecule has 0 bridgehead atoms. The van der Waals surface area contributed by atoms with Crippen LogP contribution in [0.4, 0.5) is 0 Å². The van der Waals surface area contributed by atoms with Gasteiger partial charge in [0.1, 0.15) is 17.9 Å². The molecule has 0 aromatic carbocycles. The standard InChI is InChI=1S/C15H22N6O5S2/c1-7(11(16)24)27-14-10-3-18-21(6-26-5-9(23)4-22)13(10)19-15(20-14)28-8(2)12(17)25/h3,7-9,22-23H,4-6H2,1-2H3,(H2,16,24)(H2,17,25). The van der Waals surface area contributed by atoms with Gasteiger partial charge in [0.2, 0.25) is 11.8 Å². The van der Waals surface area contributed by atoms with Gasteiger partial charge in [0.15, 0.2) is 10.8 Å². The zero-order valence-corrected chi connectivity index (χ0v) is 16.9. The summed E-state index contributed by atoms with van der Waals surface area (Å²) in [6.07, 6.45) is 0.532. The number of aliphatic hydroxyl groups is 2. The lowest BCUT2D eigenvalue weighted by atomic mass is 10.4. The number of amides is 2. The second kappa shape index (κ2) is 10.0. The molecule has 28 heavy (non-hydrogen) atoms. The second-order valence-corrected chi connectivity index (χ2v) is 8.49. The van der Waals surface area contributed by atoms with E-state index in [4.69, 9.17) is 21.3 Å². The van der Waals surface area contributed by atoms with Crippen molar-refractivity contribution >= 4 is 46.4 Å². The van der Waals surface area contributed by atoms with Crippen molar-refractivity contribution in [3.63, 3.8) is 0 Å². The summed E-state index contributed by atoms with van der Waals surface area (Å²) in [7, 11) is 0. The van der Waals surface area contributed by atoms with Crippen LogP contribution >= 0.6 is 23.5 Å². The fourth-order valence-corrected chi connectivity index (χ4v) is 3.55. The van der Waals surface area contributed by atoms with Crippen LogP contribution in [0, 0.1) is 0 Å². The highest BCUT2D eigenvalue weighted by molar-refractivity contribution is 8.01. The molecule has 6 N–H and O–H groups in total. The van der Waals surface area contributed by atoms with Gasteiger partial charge in [-0.15, -0.1) is 0 Å². The quantitative estimate of drug-likeness (QED) is 0.198. The zero-order valence-electron chi connectivity index (χ0n) is 15.3. The van der Waals surface area contributed by atoms with E-state index in [2.05, 4.69) is 15.1 Å². The number of rotatable bonds is 11.